The third-order valence-corrected chi connectivity index (χ3v) is 5.79. The first-order valence-corrected chi connectivity index (χ1v) is 10.9. The molecule has 1 saturated heterocycles. The molecule has 0 aliphatic carbocycles. The van der Waals surface area contributed by atoms with Crippen LogP contribution in [0.5, 0.6) is 0 Å². The summed E-state index contributed by atoms with van der Waals surface area (Å²) in [7, 11) is 0. The van der Waals surface area contributed by atoms with Gasteiger partial charge in [0, 0.05) is 45.3 Å². The molecule has 2 aromatic rings. The topological polar surface area (TPSA) is 93.6 Å². The molecule has 0 radical (unpaired) electrons. The van der Waals surface area contributed by atoms with Crippen LogP contribution in [0.3, 0.4) is 0 Å². The highest BCUT2D eigenvalue weighted by Crippen LogP contribution is 2.22. The lowest BCUT2D eigenvalue weighted by Crippen LogP contribution is -2.57. The van der Waals surface area contributed by atoms with Crippen molar-refractivity contribution >= 4 is 11.7 Å². The molecule has 33 heavy (non-hydrogen) atoms. The van der Waals surface area contributed by atoms with E-state index in [1.165, 1.54) is 28.4 Å². The summed E-state index contributed by atoms with van der Waals surface area (Å²) in [5, 5.41) is 16.1. The molecule has 0 saturated carbocycles. The minimum atomic E-state index is -4.21. The Hall–Kier alpha value is -2.76. The number of fused-ring (bicyclic) bond motifs is 1. The molecular formula is C22H27F3N6O2. The van der Waals surface area contributed by atoms with Crippen LogP contribution in [-0.2, 0) is 13.0 Å². The molecule has 1 fully saturated rings. The van der Waals surface area contributed by atoms with Crippen molar-refractivity contribution in [2.75, 3.05) is 44.6 Å². The lowest BCUT2D eigenvalue weighted by Gasteiger charge is -2.40. The molecule has 4 rings (SSSR count). The molecule has 11 heteroatoms. The van der Waals surface area contributed by atoms with Gasteiger partial charge in [-0.05, 0) is 17.5 Å². The summed E-state index contributed by atoms with van der Waals surface area (Å²) < 4.78 is 37.2. The van der Waals surface area contributed by atoms with E-state index in [2.05, 4.69) is 37.6 Å². The van der Waals surface area contributed by atoms with Gasteiger partial charge >= 0.3 is 6.18 Å². The number of benzene rings is 1. The third-order valence-electron chi connectivity index (χ3n) is 5.79. The van der Waals surface area contributed by atoms with Gasteiger partial charge in [0.15, 0.2) is 0 Å². The number of hydrogen-bond donors (Lipinski definition) is 3. The van der Waals surface area contributed by atoms with Gasteiger partial charge in [-0.1, -0.05) is 24.3 Å². The van der Waals surface area contributed by atoms with Gasteiger partial charge in [-0.3, -0.25) is 14.6 Å². The van der Waals surface area contributed by atoms with Crippen LogP contribution in [0.4, 0.5) is 19.0 Å². The second-order valence-electron chi connectivity index (χ2n) is 8.56. The standard InChI is InChI=1S/C22H27F3N6O2/c23-22(24,25)13-31-10-17(11-31)29-20-7-19(27-14-28-20)21(33)26-8-18(32)12-30-6-5-15-3-1-2-4-16(15)9-30/h1-4,7,14,17-18,32H,5-6,8-13H2,(H,26,33)(H,27,28,29). The van der Waals surface area contributed by atoms with Gasteiger partial charge < -0.3 is 15.7 Å². The van der Waals surface area contributed by atoms with Crippen LogP contribution in [0, 0.1) is 0 Å². The smallest absolute Gasteiger partial charge is 0.390 e. The van der Waals surface area contributed by atoms with Crippen molar-refractivity contribution in [2.24, 2.45) is 0 Å². The molecule has 0 bridgehead atoms. The SMILES string of the molecule is O=C(NCC(O)CN1CCc2ccccc2C1)c1cc(NC2CN(CC(F)(F)F)C2)ncn1. The minimum Gasteiger partial charge on any atom is -0.390 e. The van der Waals surface area contributed by atoms with E-state index in [1.54, 1.807) is 0 Å². The number of β-amino-alcohol motifs (C(OH)–C–C–N with tert-alkyl or cyclic N) is 1. The molecule has 1 atom stereocenters. The highest BCUT2D eigenvalue weighted by molar-refractivity contribution is 5.92. The van der Waals surface area contributed by atoms with Gasteiger partial charge in [0.2, 0.25) is 0 Å². The fourth-order valence-electron chi connectivity index (χ4n) is 4.19. The number of carbonyl (C=O) groups excluding carboxylic acids is 1. The van der Waals surface area contributed by atoms with Crippen molar-refractivity contribution < 1.29 is 23.1 Å². The molecule has 2 aliphatic heterocycles. The Bertz CT molecular complexity index is 967. The maximum atomic E-state index is 12.4. The highest BCUT2D eigenvalue weighted by Gasteiger charge is 2.37. The van der Waals surface area contributed by atoms with Crippen LogP contribution >= 0.6 is 0 Å². The number of carbonyl (C=O) groups is 1. The summed E-state index contributed by atoms with van der Waals surface area (Å²) in [5.41, 5.74) is 2.71. The number of rotatable bonds is 8. The van der Waals surface area contributed by atoms with Crippen LogP contribution in [-0.4, -0.2) is 88.4 Å². The molecule has 1 amide bonds. The maximum Gasteiger partial charge on any atom is 0.401 e. The number of amides is 1. The second kappa shape index (κ2) is 10.0. The van der Waals surface area contributed by atoms with E-state index in [1.807, 2.05) is 12.1 Å². The number of hydrogen-bond acceptors (Lipinski definition) is 7. The first-order valence-electron chi connectivity index (χ1n) is 10.9. The van der Waals surface area contributed by atoms with E-state index in [0.717, 1.165) is 19.5 Å². The average molecular weight is 464 g/mol. The van der Waals surface area contributed by atoms with Crippen LogP contribution < -0.4 is 10.6 Å². The summed E-state index contributed by atoms with van der Waals surface area (Å²) in [6, 6.07) is 9.53. The van der Waals surface area contributed by atoms with Gasteiger partial charge in [0.05, 0.1) is 18.7 Å². The molecule has 1 aromatic carbocycles. The Morgan fingerprint density at radius 2 is 1.94 bits per heavy atom. The van der Waals surface area contributed by atoms with E-state index in [-0.39, 0.29) is 31.4 Å². The average Bonchev–Trinajstić information content (AvgIpc) is 2.75. The molecule has 1 aromatic heterocycles. The van der Waals surface area contributed by atoms with Crippen molar-refractivity contribution in [3.05, 3.63) is 53.5 Å². The zero-order valence-corrected chi connectivity index (χ0v) is 18.1. The predicted molar refractivity (Wildman–Crippen MR) is 116 cm³/mol. The Morgan fingerprint density at radius 1 is 1.18 bits per heavy atom. The quantitative estimate of drug-likeness (QED) is 0.542. The summed E-state index contributed by atoms with van der Waals surface area (Å²) in [5.74, 6) is -0.0739. The minimum absolute atomic E-state index is 0.0821. The number of aromatic nitrogens is 2. The van der Waals surface area contributed by atoms with Gasteiger partial charge in [-0.15, -0.1) is 0 Å². The molecule has 3 N–H and O–H groups in total. The first-order chi connectivity index (χ1) is 15.7. The largest absolute Gasteiger partial charge is 0.401 e. The number of aliphatic hydroxyl groups excluding tert-OH is 1. The molecule has 3 heterocycles. The Labute approximate surface area is 189 Å². The summed E-state index contributed by atoms with van der Waals surface area (Å²) in [6.07, 6.45) is -2.78. The zero-order valence-electron chi connectivity index (χ0n) is 18.1. The number of halogens is 3. The predicted octanol–water partition coefficient (Wildman–Crippen LogP) is 1.28. The van der Waals surface area contributed by atoms with Gasteiger partial charge in [-0.25, -0.2) is 9.97 Å². The molecule has 1 unspecified atom stereocenters. The van der Waals surface area contributed by atoms with Crippen LogP contribution in [0.1, 0.15) is 21.6 Å². The van der Waals surface area contributed by atoms with Crippen molar-refractivity contribution in [1.82, 2.24) is 25.1 Å². The van der Waals surface area contributed by atoms with Crippen molar-refractivity contribution in [3.63, 3.8) is 0 Å². The molecule has 178 valence electrons. The van der Waals surface area contributed by atoms with Crippen molar-refractivity contribution in [1.29, 1.82) is 0 Å². The zero-order chi connectivity index (χ0) is 23.4. The molecular weight excluding hydrogens is 437 g/mol. The van der Waals surface area contributed by atoms with E-state index in [9.17, 15) is 23.1 Å². The fraction of sp³-hybridized carbons (Fsp3) is 0.500. The van der Waals surface area contributed by atoms with Gasteiger partial charge in [0.25, 0.3) is 5.91 Å². The number of anilines is 1. The van der Waals surface area contributed by atoms with E-state index in [4.69, 9.17) is 0 Å². The first kappa shape index (κ1) is 23.4. The van der Waals surface area contributed by atoms with Gasteiger partial charge in [0.1, 0.15) is 17.8 Å². The Kier molecular flexibility index (Phi) is 7.11. The second-order valence-corrected chi connectivity index (χ2v) is 8.56. The van der Waals surface area contributed by atoms with E-state index in [0.29, 0.717) is 12.4 Å². The normalized spacial score (nSPS) is 18.3. The number of nitrogens with one attached hydrogen (secondary N) is 2. The van der Waals surface area contributed by atoms with Crippen LogP contribution in [0.2, 0.25) is 0 Å². The lowest BCUT2D eigenvalue weighted by molar-refractivity contribution is -0.153. The number of nitrogens with zero attached hydrogens (tertiary/aromatic N) is 4. The summed E-state index contributed by atoms with van der Waals surface area (Å²) in [6.45, 7) is 1.71. The van der Waals surface area contributed by atoms with Crippen molar-refractivity contribution in [2.45, 2.75) is 31.3 Å². The highest BCUT2D eigenvalue weighted by atomic mass is 19.4. The van der Waals surface area contributed by atoms with Crippen LogP contribution in [0.15, 0.2) is 36.7 Å². The van der Waals surface area contributed by atoms with E-state index < -0.39 is 24.7 Å². The number of aliphatic hydroxyl groups is 1. The maximum absolute atomic E-state index is 12.4. The molecule has 0 spiro atoms. The van der Waals surface area contributed by atoms with Crippen LogP contribution in [0.25, 0.3) is 0 Å². The Balaban J connectivity index is 1.21. The monoisotopic (exact) mass is 464 g/mol. The third kappa shape index (κ3) is 6.62. The number of alkyl halides is 3. The van der Waals surface area contributed by atoms with E-state index >= 15 is 0 Å². The summed E-state index contributed by atoms with van der Waals surface area (Å²) >= 11 is 0. The number of likely N-dealkylation sites (tertiary alicyclic amines) is 1. The van der Waals surface area contributed by atoms with Gasteiger partial charge in [-0.2, -0.15) is 13.2 Å². The molecule has 2 aliphatic rings. The summed E-state index contributed by atoms with van der Waals surface area (Å²) in [4.78, 5) is 23.9. The molecule has 8 nitrogen and oxygen atoms in total. The lowest BCUT2D eigenvalue weighted by atomic mass is 10.00. The fourth-order valence-corrected chi connectivity index (χ4v) is 4.19. The Morgan fingerprint density at radius 3 is 2.70 bits per heavy atom. The van der Waals surface area contributed by atoms with Crippen molar-refractivity contribution in [3.8, 4) is 0 Å².